The monoisotopic (exact) mass is 450 g/mol. The summed E-state index contributed by atoms with van der Waals surface area (Å²) in [6, 6.07) is 9.20. The van der Waals surface area contributed by atoms with Crippen LogP contribution < -0.4 is 4.72 Å². The molecule has 1 aromatic heterocycles. The summed E-state index contributed by atoms with van der Waals surface area (Å²) in [5.74, 6) is -0.105. The number of nitrogens with zero attached hydrogens (tertiary/aromatic N) is 3. The Kier molecular flexibility index (Phi) is 5.64. The van der Waals surface area contributed by atoms with Gasteiger partial charge in [0, 0.05) is 15.1 Å². The van der Waals surface area contributed by atoms with E-state index in [9.17, 15) is 8.42 Å². The quantitative estimate of drug-likeness (QED) is 0.607. The number of sulfonamides is 1. The molecule has 0 radical (unpaired) electrons. The number of anilines is 1. The molecule has 26 heavy (non-hydrogen) atoms. The van der Waals surface area contributed by atoms with Gasteiger partial charge in [-0.1, -0.05) is 52.5 Å². The Balaban J connectivity index is 1.80. The number of nitrogens with one attached hydrogen (secondary N) is 1. The maximum absolute atomic E-state index is 12.5. The topological polar surface area (TPSA) is 76.9 Å². The van der Waals surface area contributed by atoms with E-state index in [-0.39, 0.29) is 20.9 Å². The summed E-state index contributed by atoms with van der Waals surface area (Å²) in [6.45, 7) is 0.294. The van der Waals surface area contributed by atoms with Crippen molar-refractivity contribution in [3.05, 3.63) is 68.4 Å². The van der Waals surface area contributed by atoms with Gasteiger partial charge in [-0.3, -0.25) is 0 Å². The van der Waals surface area contributed by atoms with Gasteiger partial charge in [0.25, 0.3) is 16.0 Å². The highest BCUT2D eigenvalue weighted by atomic mass is 35.5. The molecule has 0 bridgehead atoms. The number of halogens is 4. The van der Waals surface area contributed by atoms with Gasteiger partial charge in [-0.15, -0.1) is 5.10 Å². The average molecular weight is 452 g/mol. The molecule has 3 rings (SSSR count). The molecular weight excluding hydrogens is 442 g/mol. The second-order valence-electron chi connectivity index (χ2n) is 5.18. The third-order valence-corrected chi connectivity index (χ3v) is 5.92. The molecule has 11 heteroatoms. The van der Waals surface area contributed by atoms with E-state index < -0.39 is 10.0 Å². The molecule has 0 aliphatic rings. The SMILES string of the molecule is O=S(=O)(Nc1ncn(Cc2ccc(Cl)cc2Cl)n1)c1cc(Cl)ccc1Cl. The first-order valence-corrected chi connectivity index (χ1v) is 10.1. The van der Waals surface area contributed by atoms with Crippen LogP contribution in [-0.2, 0) is 16.6 Å². The lowest BCUT2D eigenvalue weighted by Crippen LogP contribution is -2.15. The zero-order valence-electron chi connectivity index (χ0n) is 12.8. The van der Waals surface area contributed by atoms with Crippen LogP contribution >= 0.6 is 46.4 Å². The highest BCUT2D eigenvalue weighted by Gasteiger charge is 2.20. The minimum Gasteiger partial charge on any atom is -0.246 e. The van der Waals surface area contributed by atoms with Gasteiger partial charge >= 0.3 is 0 Å². The van der Waals surface area contributed by atoms with E-state index in [4.69, 9.17) is 46.4 Å². The van der Waals surface area contributed by atoms with Gasteiger partial charge in [-0.25, -0.2) is 17.8 Å². The van der Waals surface area contributed by atoms with Gasteiger partial charge in [0.15, 0.2) is 0 Å². The molecule has 6 nitrogen and oxygen atoms in total. The molecule has 0 amide bonds. The molecule has 0 unspecified atom stereocenters. The Morgan fingerprint density at radius 1 is 0.962 bits per heavy atom. The van der Waals surface area contributed by atoms with E-state index in [1.807, 2.05) is 0 Å². The van der Waals surface area contributed by atoms with Crippen LogP contribution in [0, 0.1) is 0 Å². The van der Waals surface area contributed by atoms with Crippen LogP contribution in [0.2, 0.25) is 20.1 Å². The van der Waals surface area contributed by atoms with Crippen molar-refractivity contribution in [2.75, 3.05) is 4.72 Å². The summed E-state index contributed by atoms with van der Waals surface area (Å²) in [5, 5.41) is 5.35. The molecule has 1 N–H and O–H groups in total. The van der Waals surface area contributed by atoms with Crippen molar-refractivity contribution in [1.82, 2.24) is 14.8 Å². The van der Waals surface area contributed by atoms with E-state index in [1.165, 1.54) is 29.2 Å². The molecule has 1 heterocycles. The first kappa shape index (κ1) is 19.3. The van der Waals surface area contributed by atoms with Crippen molar-refractivity contribution in [3.63, 3.8) is 0 Å². The summed E-state index contributed by atoms with van der Waals surface area (Å²) in [5.41, 5.74) is 0.758. The number of hydrogen-bond donors (Lipinski definition) is 1. The Hall–Kier alpha value is -1.51. The van der Waals surface area contributed by atoms with Gasteiger partial charge in [0.1, 0.15) is 11.2 Å². The molecule has 0 saturated carbocycles. The van der Waals surface area contributed by atoms with Crippen molar-refractivity contribution in [2.24, 2.45) is 0 Å². The second kappa shape index (κ2) is 7.62. The van der Waals surface area contributed by atoms with Crippen LogP contribution in [-0.4, -0.2) is 23.2 Å². The molecule has 0 spiro atoms. The zero-order valence-corrected chi connectivity index (χ0v) is 16.7. The van der Waals surface area contributed by atoms with Crippen molar-refractivity contribution in [1.29, 1.82) is 0 Å². The lowest BCUT2D eigenvalue weighted by molar-refractivity contribution is 0.600. The standard InChI is InChI=1S/C15H10Cl4N4O2S/c16-10-2-1-9(13(19)5-10)7-23-8-20-15(21-23)22-26(24,25)14-6-11(17)3-4-12(14)18/h1-6,8H,7H2,(H,21,22). The van der Waals surface area contributed by atoms with Crippen molar-refractivity contribution >= 4 is 62.4 Å². The third kappa shape index (κ3) is 4.42. The highest BCUT2D eigenvalue weighted by Crippen LogP contribution is 2.26. The van der Waals surface area contributed by atoms with Crippen LogP contribution in [0.25, 0.3) is 0 Å². The van der Waals surface area contributed by atoms with E-state index in [0.717, 1.165) is 5.56 Å². The number of rotatable bonds is 5. The second-order valence-corrected chi connectivity index (χ2v) is 8.52. The smallest absolute Gasteiger partial charge is 0.246 e. The molecule has 0 atom stereocenters. The molecule has 3 aromatic rings. The van der Waals surface area contributed by atoms with Gasteiger partial charge in [0.2, 0.25) is 0 Å². The lowest BCUT2D eigenvalue weighted by atomic mass is 10.2. The third-order valence-electron chi connectivity index (χ3n) is 3.29. The number of benzene rings is 2. The molecule has 0 saturated heterocycles. The van der Waals surface area contributed by atoms with Crippen LogP contribution in [0.15, 0.2) is 47.6 Å². The summed E-state index contributed by atoms with van der Waals surface area (Å²) < 4.78 is 28.6. The Morgan fingerprint density at radius 3 is 2.38 bits per heavy atom. The lowest BCUT2D eigenvalue weighted by Gasteiger charge is -2.07. The van der Waals surface area contributed by atoms with Crippen molar-refractivity contribution < 1.29 is 8.42 Å². The number of hydrogen-bond acceptors (Lipinski definition) is 4. The predicted molar refractivity (Wildman–Crippen MR) is 103 cm³/mol. The minimum atomic E-state index is -3.99. The Bertz CT molecular complexity index is 1070. The molecule has 136 valence electrons. The maximum atomic E-state index is 12.5. The van der Waals surface area contributed by atoms with Gasteiger partial charge in [0.05, 0.1) is 11.6 Å². The summed E-state index contributed by atoms with van der Waals surface area (Å²) >= 11 is 23.8. The predicted octanol–water partition coefficient (Wildman–Crippen LogP) is 4.74. The Labute approximate surface area is 169 Å². The van der Waals surface area contributed by atoms with E-state index in [2.05, 4.69) is 14.8 Å². The van der Waals surface area contributed by atoms with E-state index in [1.54, 1.807) is 18.2 Å². The van der Waals surface area contributed by atoms with E-state index in [0.29, 0.717) is 16.6 Å². The molecular formula is C15H10Cl4N4O2S. The maximum Gasteiger partial charge on any atom is 0.265 e. The van der Waals surface area contributed by atoms with E-state index >= 15 is 0 Å². The largest absolute Gasteiger partial charge is 0.265 e. The van der Waals surface area contributed by atoms with Gasteiger partial charge in [-0.2, -0.15) is 4.98 Å². The fraction of sp³-hybridized carbons (Fsp3) is 0.0667. The van der Waals surface area contributed by atoms with Gasteiger partial charge < -0.3 is 0 Å². The normalized spacial score (nSPS) is 11.5. The summed E-state index contributed by atoms with van der Waals surface area (Å²) in [7, 11) is -3.99. The van der Waals surface area contributed by atoms with Gasteiger partial charge in [-0.05, 0) is 35.9 Å². The minimum absolute atomic E-state index is 0.0364. The average Bonchev–Trinajstić information content (AvgIpc) is 2.98. The first-order valence-electron chi connectivity index (χ1n) is 7.06. The van der Waals surface area contributed by atoms with Crippen molar-refractivity contribution in [3.8, 4) is 0 Å². The summed E-state index contributed by atoms with van der Waals surface area (Å²) in [4.78, 5) is 3.78. The summed E-state index contributed by atoms with van der Waals surface area (Å²) in [6.07, 6.45) is 1.38. The molecule has 0 aliphatic carbocycles. The fourth-order valence-corrected chi connectivity index (χ4v) is 4.28. The van der Waals surface area contributed by atoms with Crippen molar-refractivity contribution in [2.45, 2.75) is 11.4 Å². The Morgan fingerprint density at radius 2 is 1.65 bits per heavy atom. The first-order chi connectivity index (χ1) is 12.2. The number of aromatic nitrogens is 3. The van der Waals surface area contributed by atoms with Crippen LogP contribution in [0.4, 0.5) is 5.95 Å². The molecule has 0 aliphatic heterocycles. The zero-order chi connectivity index (χ0) is 18.9. The highest BCUT2D eigenvalue weighted by molar-refractivity contribution is 7.92. The molecule has 0 fully saturated rings. The van der Waals surface area contributed by atoms with Crippen LogP contribution in [0.3, 0.4) is 0 Å². The van der Waals surface area contributed by atoms with Crippen LogP contribution in [0.5, 0.6) is 0 Å². The fourth-order valence-electron chi connectivity index (χ4n) is 2.10. The van der Waals surface area contributed by atoms with Crippen LogP contribution in [0.1, 0.15) is 5.56 Å². The molecule has 2 aromatic carbocycles.